The maximum Gasteiger partial charge on any atom is 0.325 e. The number of carbonyl (C=O) groups is 2. The van der Waals surface area contributed by atoms with Crippen LogP contribution < -0.4 is 5.32 Å². The van der Waals surface area contributed by atoms with Gasteiger partial charge in [0, 0.05) is 19.3 Å². The number of carbonyl (C=O) groups excluding carboxylic acids is 2. The van der Waals surface area contributed by atoms with Gasteiger partial charge in [0.1, 0.15) is 0 Å². The highest BCUT2D eigenvalue weighted by Crippen LogP contribution is 2.41. The number of amides is 3. The van der Waals surface area contributed by atoms with Crippen molar-refractivity contribution in [2.75, 3.05) is 32.8 Å². The van der Waals surface area contributed by atoms with Crippen LogP contribution in [0.4, 0.5) is 4.79 Å². The molecule has 4 heterocycles. The van der Waals surface area contributed by atoms with E-state index in [9.17, 15) is 9.59 Å². The molecule has 3 aliphatic heterocycles. The molecule has 3 amide bonds. The SMILES string of the molecule is C/C=C(\C)CN1CCC([C@]2(c3ccccn3)NC(=O)N(C[C@H]3CCCO3)C2=O)CC1. The highest BCUT2D eigenvalue weighted by molar-refractivity contribution is 6.07. The van der Waals surface area contributed by atoms with Gasteiger partial charge >= 0.3 is 6.03 Å². The second-order valence-corrected chi connectivity index (χ2v) is 8.69. The topological polar surface area (TPSA) is 74.8 Å². The van der Waals surface area contributed by atoms with Crippen LogP contribution in [-0.4, -0.2) is 65.6 Å². The van der Waals surface area contributed by atoms with Gasteiger partial charge in [0.2, 0.25) is 0 Å². The molecular weight excluding hydrogens is 380 g/mol. The first kappa shape index (κ1) is 21.0. The Morgan fingerprint density at radius 3 is 2.73 bits per heavy atom. The standard InChI is InChI=1S/C23H32N4O3/c1-3-17(2)15-26-12-9-18(10-13-26)23(20-8-4-5-11-24-20)21(28)27(22(29)25-23)16-19-7-6-14-30-19/h3-5,8,11,18-19H,6-7,9-10,12-16H2,1-2H3,(H,25,29)/b17-3+/t19-,23-/m1/s1. The third-order valence-electron chi connectivity index (χ3n) is 6.78. The summed E-state index contributed by atoms with van der Waals surface area (Å²) in [5.74, 6) is -0.162. The number of nitrogens with zero attached hydrogens (tertiary/aromatic N) is 3. The van der Waals surface area contributed by atoms with E-state index in [2.05, 4.69) is 35.1 Å². The molecule has 7 nitrogen and oxygen atoms in total. The number of likely N-dealkylation sites (tertiary alicyclic amines) is 1. The van der Waals surface area contributed by atoms with Crippen LogP contribution in [0.2, 0.25) is 0 Å². The third-order valence-corrected chi connectivity index (χ3v) is 6.78. The van der Waals surface area contributed by atoms with E-state index in [1.165, 1.54) is 10.5 Å². The van der Waals surface area contributed by atoms with Gasteiger partial charge in [-0.15, -0.1) is 0 Å². The van der Waals surface area contributed by atoms with E-state index in [0.29, 0.717) is 18.8 Å². The minimum Gasteiger partial charge on any atom is -0.376 e. The van der Waals surface area contributed by atoms with Crippen molar-refractivity contribution in [3.05, 3.63) is 41.7 Å². The summed E-state index contributed by atoms with van der Waals surface area (Å²) in [6.45, 7) is 7.98. The van der Waals surface area contributed by atoms with Gasteiger partial charge in [-0.1, -0.05) is 17.7 Å². The zero-order valence-electron chi connectivity index (χ0n) is 18.0. The van der Waals surface area contributed by atoms with Crippen LogP contribution in [0.5, 0.6) is 0 Å². The minimum absolute atomic E-state index is 0.0144. The molecule has 0 radical (unpaired) electrons. The van der Waals surface area contributed by atoms with E-state index in [1.54, 1.807) is 6.20 Å². The Kier molecular flexibility index (Phi) is 6.20. The number of piperidine rings is 1. The number of ether oxygens (including phenoxy) is 1. The van der Waals surface area contributed by atoms with E-state index in [4.69, 9.17) is 4.74 Å². The molecule has 0 spiro atoms. The lowest BCUT2D eigenvalue weighted by atomic mass is 9.75. The molecule has 4 rings (SSSR count). The van der Waals surface area contributed by atoms with E-state index < -0.39 is 5.54 Å². The highest BCUT2D eigenvalue weighted by atomic mass is 16.5. The Morgan fingerprint density at radius 2 is 2.10 bits per heavy atom. The van der Waals surface area contributed by atoms with Crippen LogP contribution in [0.25, 0.3) is 0 Å². The molecule has 0 unspecified atom stereocenters. The van der Waals surface area contributed by atoms with Crippen LogP contribution in [0.3, 0.4) is 0 Å². The van der Waals surface area contributed by atoms with Gasteiger partial charge in [-0.2, -0.15) is 0 Å². The number of hydrogen-bond donors (Lipinski definition) is 1. The quantitative estimate of drug-likeness (QED) is 0.574. The first-order valence-corrected chi connectivity index (χ1v) is 11.1. The molecule has 3 fully saturated rings. The zero-order chi connectivity index (χ0) is 21.1. The number of nitrogens with one attached hydrogen (secondary N) is 1. The zero-order valence-corrected chi connectivity index (χ0v) is 18.0. The fraction of sp³-hybridized carbons (Fsp3) is 0.609. The first-order valence-electron chi connectivity index (χ1n) is 11.1. The van der Waals surface area contributed by atoms with E-state index in [0.717, 1.165) is 45.3 Å². The van der Waals surface area contributed by atoms with Crippen molar-refractivity contribution < 1.29 is 14.3 Å². The molecule has 2 atom stereocenters. The Bertz CT molecular complexity index is 798. The molecule has 1 N–H and O–H groups in total. The molecule has 0 aromatic carbocycles. The Hall–Kier alpha value is -2.25. The van der Waals surface area contributed by atoms with E-state index in [-0.39, 0.29) is 24.0 Å². The predicted molar refractivity (Wildman–Crippen MR) is 114 cm³/mol. The number of aromatic nitrogens is 1. The predicted octanol–water partition coefficient (Wildman–Crippen LogP) is 2.69. The van der Waals surface area contributed by atoms with Crippen molar-refractivity contribution in [2.24, 2.45) is 5.92 Å². The van der Waals surface area contributed by atoms with Gasteiger partial charge in [0.15, 0.2) is 5.54 Å². The average molecular weight is 413 g/mol. The summed E-state index contributed by atoms with van der Waals surface area (Å²) in [5.41, 5.74) is 0.903. The smallest absolute Gasteiger partial charge is 0.325 e. The molecule has 0 bridgehead atoms. The molecule has 7 heteroatoms. The number of imide groups is 1. The highest BCUT2D eigenvalue weighted by Gasteiger charge is 2.58. The Labute approximate surface area is 178 Å². The van der Waals surface area contributed by atoms with Crippen LogP contribution in [0.15, 0.2) is 36.0 Å². The van der Waals surface area contributed by atoms with Crippen LogP contribution in [0.1, 0.15) is 45.2 Å². The third kappa shape index (κ3) is 3.88. The lowest BCUT2D eigenvalue weighted by Crippen LogP contribution is -2.54. The summed E-state index contributed by atoms with van der Waals surface area (Å²) < 4.78 is 5.69. The van der Waals surface area contributed by atoms with Crippen molar-refractivity contribution in [1.82, 2.24) is 20.1 Å². The summed E-state index contributed by atoms with van der Waals surface area (Å²) in [5, 5.41) is 3.08. The number of pyridine rings is 1. The normalized spacial score (nSPS) is 28.9. The van der Waals surface area contributed by atoms with E-state index >= 15 is 0 Å². The number of hydrogen-bond acceptors (Lipinski definition) is 5. The maximum atomic E-state index is 13.8. The van der Waals surface area contributed by atoms with Crippen molar-refractivity contribution in [3.63, 3.8) is 0 Å². The molecule has 3 saturated heterocycles. The molecule has 30 heavy (non-hydrogen) atoms. The maximum absolute atomic E-state index is 13.8. The molecule has 162 valence electrons. The molecular formula is C23H32N4O3. The number of urea groups is 1. The van der Waals surface area contributed by atoms with Crippen LogP contribution in [-0.2, 0) is 15.1 Å². The molecule has 1 aromatic heterocycles. The summed E-state index contributed by atoms with van der Waals surface area (Å²) in [6.07, 6.45) is 7.32. The fourth-order valence-corrected chi connectivity index (χ4v) is 4.98. The van der Waals surface area contributed by atoms with Gasteiger partial charge in [-0.05, 0) is 70.7 Å². The van der Waals surface area contributed by atoms with Gasteiger partial charge in [0.25, 0.3) is 5.91 Å². The van der Waals surface area contributed by atoms with Crippen molar-refractivity contribution in [3.8, 4) is 0 Å². The van der Waals surface area contributed by atoms with Gasteiger partial charge in [-0.3, -0.25) is 19.6 Å². The monoisotopic (exact) mass is 412 g/mol. The second-order valence-electron chi connectivity index (χ2n) is 8.69. The molecule has 0 aliphatic carbocycles. The van der Waals surface area contributed by atoms with Gasteiger partial charge < -0.3 is 10.1 Å². The van der Waals surface area contributed by atoms with Crippen LogP contribution in [0, 0.1) is 5.92 Å². The lowest BCUT2D eigenvalue weighted by molar-refractivity contribution is -0.135. The molecule has 1 aromatic rings. The van der Waals surface area contributed by atoms with Gasteiger partial charge in [-0.25, -0.2) is 4.79 Å². The van der Waals surface area contributed by atoms with E-state index in [1.807, 2.05) is 18.2 Å². The summed E-state index contributed by atoms with van der Waals surface area (Å²) in [7, 11) is 0. The largest absolute Gasteiger partial charge is 0.376 e. The summed E-state index contributed by atoms with van der Waals surface area (Å²) >= 11 is 0. The number of allylic oxidation sites excluding steroid dienone is 1. The second kappa shape index (κ2) is 8.86. The molecule has 0 saturated carbocycles. The van der Waals surface area contributed by atoms with Gasteiger partial charge in [0.05, 0.1) is 18.3 Å². The fourth-order valence-electron chi connectivity index (χ4n) is 4.98. The van der Waals surface area contributed by atoms with Crippen molar-refractivity contribution >= 4 is 11.9 Å². The minimum atomic E-state index is -1.08. The average Bonchev–Trinajstić information content (AvgIpc) is 3.37. The summed E-state index contributed by atoms with van der Waals surface area (Å²) in [6, 6.07) is 5.26. The Morgan fingerprint density at radius 1 is 1.30 bits per heavy atom. The van der Waals surface area contributed by atoms with Crippen LogP contribution >= 0.6 is 0 Å². The van der Waals surface area contributed by atoms with Crippen molar-refractivity contribution in [1.29, 1.82) is 0 Å². The number of rotatable bonds is 6. The lowest BCUT2D eigenvalue weighted by Gasteiger charge is -2.40. The molecule has 3 aliphatic rings. The Balaban J connectivity index is 1.58. The van der Waals surface area contributed by atoms with Crippen molar-refractivity contribution in [2.45, 2.75) is 51.2 Å². The first-order chi connectivity index (χ1) is 14.5. The summed E-state index contributed by atoms with van der Waals surface area (Å²) in [4.78, 5) is 35.0.